The van der Waals surface area contributed by atoms with Crippen LogP contribution < -0.4 is 5.32 Å². The van der Waals surface area contributed by atoms with E-state index in [9.17, 15) is 0 Å². The number of likely N-dealkylation sites (N-methyl/N-ethyl adjacent to an activating group) is 1. The highest BCUT2D eigenvalue weighted by molar-refractivity contribution is 4.50. The first kappa shape index (κ1) is 13.9. The lowest BCUT2D eigenvalue weighted by Gasteiger charge is -2.10. The SMILES string of the molecule is CC(C)CCNCCOCCN(C)C. The highest BCUT2D eigenvalue weighted by Crippen LogP contribution is 1.95. The van der Waals surface area contributed by atoms with E-state index in [-0.39, 0.29) is 0 Å². The molecule has 0 amide bonds. The van der Waals surface area contributed by atoms with Gasteiger partial charge in [0, 0.05) is 13.1 Å². The zero-order valence-electron chi connectivity index (χ0n) is 10.2. The van der Waals surface area contributed by atoms with Crippen LogP contribution in [0.25, 0.3) is 0 Å². The Morgan fingerprint density at radius 1 is 1.14 bits per heavy atom. The number of nitrogens with one attached hydrogen (secondary N) is 1. The van der Waals surface area contributed by atoms with Crippen molar-refractivity contribution < 1.29 is 4.74 Å². The molecule has 0 aliphatic carbocycles. The molecule has 0 aliphatic heterocycles. The highest BCUT2D eigenvalue weighted by atomic mass is 16.5. The van der Waals surface area contributed by atoms with Gasteiger partial charge in [0.15, 0.2) is 0 Å². The number of rotatable bonds is 9. The standard InChI is InChI=1S/C11H26N2O/c1-11(2)5-6-12-7-9-14-10-8-13(3)4/h11-12H,5-10H2,1-4H3. The second kappa shape index (κ2) is 9.44. The zero-order chi connectivity index (χ0) is 10.8. The molecular formula is C11H26N2O. The molecule has 3 nitrogen and oxygen atoms in total. The smallest absolute Gasteiger partial charge is 0.0593 e. The van der Waals surface area contributed by atoms with E-state index in [1.54, 1.807) is 0 Å². The van der Waals surface area contributed by atoms with Crippen molar-refractivity contribution in [2.24, 2.45) is 5.92 Å². The third-order valence-corrected chi connectivity index (χ3v) is 2.00. The molecular weight excluding hydrogens is 176 g/mol. The van der Waals surface area contributed by atoms with Gasteiger partial charge < -0.3 is 15.0 Å². The number of ether oxygens (including phenoxy) is 1. The van der Waals surface area contributed by atoms with Crippen LogP contribution in [0.4, 0.5) is 0 Å². The van der Waals surface area contributed by atoms with Crippen LogP contribution in [0.3, 0.4) is 0 Å². The minimum Gasteiger partial charge on any atom is -0.379 e. The van der Waals surface area contributed by atoms with Crippen molar-refractivity contribution in [2.75, 3.05) is 46.9 Å². The monoisotopic (exact) mass is 202 g/mol. The van der Waals surface area contributed by atoms with E-state index >= 15 is 0 Å². The summed E-state index contributed by atoms with van der Waals surface area (Å²) >= 11 is 0. The topological polar surface area (TPSA) is 24.5 Å². The lowest BCUT2D eigenvalue weighted by atomic mass is 10.1. The van der Waals surface area contributed by atoms with Crippen LogP contribution >= 0.6 is 0 Å². The van der Waals surface area contributed by atoms with Crippen LogP contribution in [-0.4, -0.2) is 51.8 Å². The Kier molecular flexibility index (Phi) is 9.35. The van der Waals surface area contributed by atoms with Gasteiger partial charge in [-0.25, -0.2) is 0 Å². The van der Waals surface area contributed by atoms with Crippen molar-refractivity contribution in [3.8, 4) is 0 Å². The average molecular weight is 202 g/mol. The van der Waals surface area contributed by atoms with Crippen molar-refractivity contribution in [1.29, 1.82) is 0 Å². The van der Waals surface area contributed by atoms with Crippen LogP contribution in [-0.2, 0) is 4.74 Å². The van der Waals surface area contributed by atoms with E-state index in [0.29, 0.717) is 0 Å². The molecule has 0 rings (SSSR count). The fourth-order valence-corrected chi connectivity index (χ4v) is 1.01. The predicted octanol–water partition coefficient (Wildman–Crippen LogP) is 1.20. The summed E-state index contributed by atoms with van der Waals surface area (Å²) in [5.74, 6) is 0.789. The second-order valence-electron chi connectivity index (χ2n) is 4.35. The summed E-state index contributed by atoms with van der Waals surface area (Å²) in [5.41, 5.74) is 0. The Bertz CT molecular complexity index is 102. The molecule has 0 unspecified atom stereocenters. The van der Waals surface area contributed by atoms with E-state index in [0.717, 1.165) is 38.8 Å². The molecule has 0 spiro atoms. The van der Waals surface area contributed by atoms with Crippen LogP contribution in [0.15, 0.2) is 0 Å². The molecule has 0 aliphatic rings. The maximum absolute atomic E-state index is 5.45. The van der Waals surface area contributed by atoms with Gasteiger partial charge in [-0.05, 0) is 33.0 Å². The molecule has 86 valence electrons. The van der Waals surface area contributed by atoms with Gasteiger partial charge >= 0.3 is 0 Å². The van der Waals surface area contributed by atoms with E-state index in [1.807, 2.05) is 0 Å². The maximum Gasteiger partial charge on any atom is 0.0593 e. The van der Waals surface area contributed by atoms with E-state index in [2.05, 4.69) is 38.2 Å². The summed E-state index contributed by atoms with van der Waals surface area (Å²) in [7, 11) is 4.12. The summed E-state index contributed by atoms with van der Waals surface area (Å²) in [5, 5.41) is 3.37. The number of hydrogen-bond acceptors (Lipinski definition) is 3. The lowest BCUT2D eigenvalue weighted by molar-refractivity contribution is 0.119. The largest absolute Gasteiger partial charge is 0.379 e. The summed E-state index contributed by atoms with van der Waals surface area (Å²) in [6.45, 7) is 9.23. The quantitative estimate of drug-likeness (QED) is 0.569. The van der Waals surface area contributed by atoms with Crippen LogP contribution in [0.1, 0.15) is 20.3 Å². The third-order valence-electron chi connectivity index (χ3n) is 2.00. The molecule has 0 saturated heterocycles. The number of nitrogens with zero attached hydrogens (tertiary/aromatic N) is 1. The normalized spacial score (nSPS) is 11.6. The van der Waals surface area contributed by atoms with Crippen molar-refractivity contribution in [3.63, 3.8) is 0 Å². The van der Waals surface area contributed by atoms with Crippen molar-refractivity contribution in [3.05, 3.63) is 0 Å². The summed E-state index contributed by atoms with van der Waals surface area (Å²) in [4.78, 5) is 2.13. The van der Waals surface area contributed by atoms with Gasteiger partial charge in [0.2, 0.25) is 0 Å². The molecule has 3 heteroatoms. The van der Waals surface area contributed by atoms with Gasteiger partial charge in [0.25, 0.3) is 0 Å². The molecule has 0 radical (unpaired) electrons. The third kappa shape index (κ3) is 11.9. The van der Waals surface area contributed by atoms with Gasteiger partial charge in [0.1, 0.15) is 0 Å². The Labute approximate surface area is 88.8 Å². The van der Waals surface area contributed by atoms with Crippen LogP contribution in [0.2, 0.25) is 0 Å². The molecule has 0 heterocycles. The van der Waals surface area contributed by atoms with Gasteiger partial charge in [-0.3, -0.25) is 0 Å². The van der Waals surface area contributed by atoms with E-state index in [1.165, 1.54) is 6.42 Å². The Morgan fingerprint density at radius 2 is 1.86 bits per heavy atom. The van der Waals surface area contributed by atoms with Crippen molar-refractivity contribution in [2.45, 2.75) is 20.3 Å². The fraction of sp³-hybridized carbons (Fsp3) is 1.00. The Balaban J connectivity index is 2.92. The molecule has 0 aromatic heterocycles. The maximum atomic E-state index is 5.45. The lowest BCUT2D eigenvalue weighted by Crippen LogP contribution is -2.24. The number of hydrogen-bond donors (Lipinski definition) is 1. The van der Waals surface area contributed by atoms with Crippen LogP contribution in [0.5, 0.6) is 0 Å². The zero-order valence-corrected chi connectivity index (χ0v) is 10.2. The Hall–Kier alpha value is -0.120. The summed E-state index contributed by atoms with van der Waals surface area (Å²) < 4.78 is 5.45. The molecule has 0 aromatic rings. The van der Waals surface area contributed by atoms with Crippen molar-refractivity contribution in [1.82, 2.24) is 10.2 Å². The molecule has 0 aromatic carbocycles. The second-order valence-corrected chi connectivity index (χ2v) is 4.35. The summed E-state index contributed by atoms with van der Waals surface area (Å²) in [6.07, 6.45) is 1.25. The van der Waals surface area contributed by atoms with Gasteiger partial charge in [-0.2, -0.15) is 0 Å². The van der Waals surface area contributed by atoms with Gasteiger partial charge in [0.05, 0.1) is 13.2 Å². The van der Waals surface area contributed by atoms with Gasteiger partial charge in [-0.1, -0.05) is 13.8 Å². The summed E-state index contributed by atoms with van der Waals surface area (Å²) in [6, 6.07) is 0. The van der Waals surface area contributed by atoms with Crippen LogP contribution in [0, 0.1) is 5.92 Å². The fourth-order valence-electron chi connectivity index (χ4n) is 1.01. The minimum atomic E-state index is 0.789. The van der Waals surface area contributed by atoms with Gasteiger partial charge in [-0.15, -0.1) is 0 Å². The molecule has 0 bridgehead atoms. The first-order valence-corrected chi connectivity index (χ1v) is 5.56. The predicted molar refractivity (Wildman–Crippen MR) is 61.7 cm³/mol. The van der Waals surface area contributed by atoms with E-state index < -0.39 is 0 Å². The minimum absolute atomic E-state index is 0.789. The highest BCUT2D eigenvalue weighted by Gasteiger charge is 1.93. The molecule has 0 fully saturated rings. The molecule has 0 saturated carbocycles. The molecule has 0 atom stereocenters. The molecule has 1 N–H and O–H groups in total. The Morgan fingerprint density at radius 3 is 2.43 bits per heavy atom. The molecule has 14 heavy (non-hydrogen) atoms. The first-order chi connectivity index (χ1) is 6.63. The van der Waals surface area contributed by atoms with Crippen molar-refractivity contribution >= 4 is 0 Å². The first-order valence-electron chi connectivity index (χ1n) is 5.56. The van der Waals surface area contributed by atoms with E-state index in [4.69, 9.17) is 4.74 Å². The average Bonchev–Trinajstić information content (AvgIpc) is 2.08.